The molecule has 8 rings (SSSR count). The van der Waals surface area contributed by atoms with E-state index >= 15 is 0 Å². The number of hydrogen-bond acceptors (Lipinski definition) is 0. The van der Waals surface area contributed by atoms with Crippen LogP contribution in [0.25, 0.3) is 32.7 Å². The summed E-state index contributed by atoms with van der Waals surface area (Å²) in [4.78, 5) is 0. The Bertz CT molecular complexity index is 2280. The summed E-state index contributed by atoms with van der Waals surface area (Å²) in [6.45, 7) is 14.2. The smallest absolute Gasteiger partial charge is 0.000862 e. The SMILES string of the molecule is CC(C)(C)c1cc(P(c2ccccc2)c2ccccc2)c(-c2c(P(c3ccccc3)c3ccccc3)cc(C(C)(C)C)c3ccccc23)c2ccccc12. The van der Waals surface area contributed by atoms with Gasteiger partial charge in [-0.25, -0.2) is 0 Å². The normalized spacial score (nSPS) is 12.2. The number of hydrogen-bond donors (Lipinski definition) is 0. The van der Waals surface area contributed by atoms with E-state index in [0.29, 0.717) is 0 Å². The Labute approximate surface area is 324 Å². The largest absolute Gasteiger partial charge is 0.0622 e. The van der Waals surface area contributed by atoms with Crippen LogP contribution in [0.4, 0.5) is 0 Å². The van der Waals surface area contributed by atoms with Crippen molar-refractivity contribution in [1.29, 1.82) is 0 Å². The summed E-state index contributed by atoms with van der Waals surface area (Å²) in [6.07, 6.45) is 0. The molecule has 0 nitrogen and oxygen atoms in total. The summed E-state index contributed by atoms with van der Waals surface area (Å²) < 4.78 is 0. The van der Waals surface area contributed by atoms with Crippen molar-refractivity contribution in [3.63, 3.8) is 0 Å². The first-order chi connectivity index (χ1) is 26.1. The number of fused-ring (bicyclic) bond motifs is 2. The zero-order chi connectivity index (χ0) is 37.5. The van der Waals surface area contributed by atoms with Gasteiger partial charge in [0, 0.05) is 0 Å². The first-order valence-electron chi connectivity index (χ1n) is 19.0. The Morgan fingerprint density at radius 1 is 0.296 bits per heavy atom. The van der Waals surface area contributed by atoms with Gasteiger partial charge in [-0.15, -0.1) is 0 Å². The van der Waals surface area contributed by atoms with Gasteiger partial charge >= 0.3 is 0 Å². The van der Waals surface area contributed by atoms with Crippen molar-refractivity contribution in [2.75, 3.05) is 0 Å². The van der Waals surface area contributed by atoms with Crippen LogP contribution in [0, 0.1) is 0 Å². The van der Waals surface area contributed by atoms with E-state index < -0.39 is 15.8 Å². The van der Waals surface area contributed by atoms with Gasteiger partial charge in [-0.1, -0.05) is 211 Å². The average molecular weight is 735 g/mol. The van der Waals surface area contributed by atoms with Crippen molar-refractivity contribution in [2.24, 2.45) is 0 Å². The van der Waals surface area contributed by atoms with Crippen molar-refractivity contribution in [3.8, 4) is 11.1 Å². The van der Waals surface area contributed by atoms with Crippen LogP contribution in [-0.2, 0) is 10.8 Å². The highest BCUT2D eigenvalue weighted by Crippen LogP contribution is 2.49. The van der Waals surface area contributed by atoms with Crippen LogP contribution in [0.1, 0.15) is 52.7 Å². The molecule has 266 valence electrons. The molecule has 0 amide bonds. The Hall–Kier alpha value is -4.86. The van der Waals surface area contributed by atoms with Crippen LogP contribution in [0.15, 0.2) is 182 Å². The lowest BCUT2D eigenvalue weighted by atomic mass is 9.79. The highest BCUT2D eigenvalue weighted by Gasteiger charge is 2.32. The third-order valence-corrected chi connectivity index (χ3v) is 15.4. The topological polar surface area (TPSA) is 0 Å². The molecule has 0 radical (unpaired) electrons. The first kappa shape index (κ1) is 36.1. The zero-order valence-corrected chi connectivity index (χ0v) is 34.0. The maximum absolute atomic E-state index is 2.60. The molecule has 0 unspecified atom stereocenters. The Kier molecular flexibility index (Phi) is 9.87. The van der Waals surface area contributed by atoms with Gasteiger partial charge in [-0.2, -0.15) is 0 Å². The highest BCUT2D eigenvalue weighted by molar-refractivity contribution is 7.80. The number of benzene rings is 8. The lowest BCUT2D eigenvalue weighted by Gasteiger charge is -2.33. The molecule has 2 heteroatoms. The van der Waals surface area contributed by atoms with Gasteiger partial charge in [0.05, 0.1) is 0 Å². The summed E-state index contributed by atoms with van der Waals surface area (Å²) in [6, 6.07) is 68.7. The first-order valence-corrected chi connectivity index (χ1v) is 21.7. The molecule has 0 saturated heterocycles. The molecular weight excluding hydrogens is 687 g/mol. The second-order valence-corrected chi connectivity index (χ2v) is 20.6. The Morgan fingerprint density at radius 2 is 0.537 bits per heavy atom. The Balaban J connectivity index is 1.63. The summed E-state index contributed by atoms with van der Waals surface area (Å²) in [5, 5.41) is 13.6. The predicted octanol–water partition coefficient (Wildman–Crippen LogP) is 11.8. The van der Waals surface area contributed by atoms with Gasteiger partial charge in [0.2, 0.25) is 0 Å². The van der Waals surface area contributed by atoms with Crippen LogP contribution >= 0.6 is 15.8 Å². The second kappa shape index (κ2) is 14.8. The average Bonchev–Trinajstić information content (AvgIpc) is 3.18. The van der Waals surface area contributed by atoms with Gasteiger partial charge in [0.25, 0.3) is 0 Å². The van der Waals surface area contributed by atoms with Crippen LogP contribution < -0.4 is 31.8 Å². The van der Waals surface area contributed by atoms with E-state index in [4.69, 9.17) is 0 Å². The van der Waals surface area contributed by atoms with E-state index in [1.807, 2.05) is 0 Å². The second-order valence-electron chi connectivity index (χ2n) is 16.2. The van der Waals surface area contributed by atoms with Crippen molar-refractivity contribution in [3.05, 3.63) is 193 Å². The minimum absolute atomic E-state index is 0.0665. The molecule has 0 spiro atoms. The van der Waals surface area contributed by atoms with Gasteiger partial charge in [-0.05, 0) is 114 Å². The van der Waals surface area contributed by atoms with Gasteiger partial charge in [-0.3, -0.25) is 0 Å². The molecule has 54 heavy (non-hydrogen) atoms. The molecule has 0 heterocycles. The van der Waals surface area contributed by atoms with Gasteiger partial charge < -0.3 is 0 Å². The third kappa shape index (κ3) is 6.84. The van der Waals surface area contributed by atoms with Crippen molar-refractivity contribution < 1.29 is 0 Å². The molecule has 8 aromatic carbocycles. The minimum Gasteiger partial charge on any atom is -0.0622 e. The summed E-state index contributed by atoms with van der Waals surface area (Å²) >= 11 is 0. The fourth-order valence-electron chi connectivity index (χ4n) is 8.00. The molecule has 0 aliphatic heterocycles. The molecule has 0 aliphatic carbocycles. The maximum atomic E-state index is 2.60. The lowest BCUT2D eigenvalue weighted by Crippen LogP contribution is -2.28. The van der Waals surface area contributed by atoms with E-state index in [1.165, 1.54) is 75.6 Å². The predicted molar refractivity (Wildman–Crippen MR) is 242 cm³/mol. The van der Waals surface area contributed by atoms with E-state index in [0.717, 1.165) is 0 Å². The minimum atomic E-state index is -0.946. The van der Waals surface area contributed by atoms with Gasteiger partial charge in [0.1, 0.15) is 0 Å². The van der Waals surface area contributed by atoms with E-state index in [9.17, 15) is 0 Å². The van der Waals surface area contributed by atoms with E-state index in [1.54, 1.807) is 0 Å². The van der Waals surface area contributed by atoms with E-state index in [-0.39, 0.29) is 10.8 Å². The molecule has 8 aromatic rings. The summed E-state index contributed by atoms with van der Waals surface area (Å²) in [5.74, 6) is 0. The van der Waals surface area contributed by atoms with Crippen molar-refractivity contribution in [2.45, 2.75) is 52.4 Å². The van der Waals surface area contributed by atoms with Crippen LogP contribution in [0.2, 0.25) is 0 Å². The fourth-order valence-corrected chi connectivity index (χ4v) is 13.0. The molecule has 0 fully saturated rings. The maximum Gasteiger partial charge on any atom is -0.000862 e. The van der Waals surface area contributed by atoms with Crippen LogP contribution in [0.3, 0.4) is 0 Å². The molecule has 0 saturated carbocycles. The molecule has 0 aliphatic rings. The Morgan fingerprint density at radius 3 is 0.796 bits per heavy atom. The molecule has 0 N–H and O–H groups in total. The van der Waals surface area contributed by atoms with Crippen molar-refractivity contribution >= 4 is 69.2 Å². The standard InChI is InChI=1S/C52H48P2/c1-51(2,3)45-35-47(53(37-23-11-7-12-24-37)38-25-13-8-14-26-38)49(43-33-21-19-31-41(43)45)50-44-34-22-20-32-42(44)46(52(4,5)6)36-48(50)54(39-27-15-9-16-28-39)40-29-17-10-18-30-40/h7-36H,1-6H3. The van der Waals surface area contributed by atoms with Crippen LogP contribution in [-0.4, -0.2) is 0 Å². The third-order valence-electron chi connectivity index (χ3n) is 10.5. The molecule has 0 bridgehead atoms. The van der Waals surface area contributed by atoms with E-state index in [2.05, 4.69) is 224 Å². The number of rotatable bonds is 7. The quantitative estimate of drug-likeness (QED) is 0.143. The summed E-state index contributed by atoms with van der Waals surface area (Å²) in [7, 11) is -1.89. The zero-order valence-electron chi connectivity index (χ0n) is 32.2. The van der Waals surface area contributed by atoms with Gasteiger partial charge in [0.15, 0.2) is 0 Å². The van der Waals surface area contributed by atoms with Crippen LogP contribution in [0.5, 0.6) is 0 Å². The van der Waals surface area contributed by atoms with Crippen molar-refractivity contribution in [1.82, 2.24) is 0 Å². The fraction of sp³-hybridized carbons (Fsp3) is 0.154. The summed E-state index contributed by atoms with van der Waals surface area (Å²) in [5.41, 5.74) is 5.38. The molecule has 0 atom stereocenters. The highest BCUT2D eigenvalue weighted by atomic mass is 31.1. The molecular formula is C52H48P2. The monoisotopic (exact) mass is 734 g/mol. The molecule has 0 aromatic heterocycles. The lowest BCUT2D eigenvalue weighted by molar-refractivity contribution is 0.596.